The Hall–Kier alpha value is -2.07. The minimum Gasteiger partial charge on any atom is -0.477 e. The highest BCUT2D eigenvalue weighted by Gasteiger charge is 2.29. The van der Waals surface area contributed by atoms with E-state index in [1.54, 1.807) is 12.1 Å². The molecule has 0 saturated carbocycles. The standard InChI is InChI=1S/C18H29N5O4/c24-18(25)15-23(12-5-16-1-3-17(4-2-16)22(26)27)13-10-20-8-6-19-7-9-21-11-14-23/h1-4,19-21H,5-15H2/p+1. The Kier molecular flexibility index (Phi) is 8.59. The number of nitro benzene ring substituents is 1. The van der Waals surface area contributed by atoms with Crippen LogP contribution >= 0.6 is 0 Å². The Balaban J connectivity index is 2.05. The molecule has 9 heteroatoms. The number of benzene rings is 1. The molecule has 0 radical (unpaired) electrons. The number of quaternary nitrogens is 1. The Labute approximate surface area is 159 Å². The molecule has 0 unspecified atom stereocenters. The zero-order valence-corrected chi connectivity index (χ0v) is 15.7. The molecule has 9 nitrogen and oxygen atoms in total. The highest BCUT2D eigenvalue weighted by molar-refractivity contribution is 5.67. The van der Waals surface area contributed by atoms with Gasteiger partial charge in [-0.15, -0.1) is 0 Å². The van der Waals surface area contributed by atoms with Gasteiger partial charge in [0.15, 0.2) is 6.54 Å². The maximum Gasteiger partial charge on any atom is 0.359 e. The van der Waals surface area contributed by atoms with Crippen LogP contribution in [0.5, 0.6) is 0 Å². The molecule has 0 aliphatic carbocycles. The number of hydrogen-bond donors (Lipinski definition) is 4. The first-order valence-corrected chi connectivity index (χ1v) is 9.43. The van der Waals surface area contributed by atoms with Gasteiger partial charge in [-0.25, -0.2) is 4.79 Å². The van der Waals surface area contributed by atoms with Crippen molar-refractivity contribution in [1.82, 2.24) is 16.0 Å². The number of nitrogens with one attached hydrogen (secondary N) is 3. The van der Waals surface area contributed by atoms with Gasteiger partial charge in [-0.2, -0.15) is 0 Å². The summed E-state index contributed by atoms with van der Waals surface area (Å²) in [5, 5.41) is 30.4. The van der Waals surface area contributed by atoms with Gasteiger partial charge in [0.2, 0.25) is 0 Å². The summed E-state index contributed by atoms with van der Waals surface area (Å²) in [5.41, 5.74) is 1.06. The van der Waals surface area contributed by atoms with Crippen molar-refractivity contribution in [3.63, 3.8) is 0 Å². The summed E-state index contributed by atoms with van der Waals surface area (Å²) in [6.45, 7) is 7.25. The van der Waals surface area contributed by atoms with E-state index in [1.165, 1.54) is 12.1 Å². The molecule has 0 aromatic heterocycles. The SMILES string of the molecule is O=C(O)C[N+]1(CCc2ccc([N+](=O)[O-])cc2)CCNCCNCCNCC1. The van der Waals surface area contributed by atoms with Crippen molar-refractivity contribution in [2.24, 2.45) is 0 Å². The molecule has 0 bridgehead atoms. The quantitative estimate of drug-likeness (QED) is 0.307. The van der Waals surface area contributed by atoms with Crippen LogP contribution in [-0.2, 0) is 11.2 Å². The molecule has 27 heavy (non-hydrogen) atoms. The molecule has 1 aromatic carbocycles. The second kappa shape index (κ2) is 10.9. The molecule has 1 saturated heterocycles. The number of non-ortho nitro benzene ring substituents is 1. The molecule has 1 aromatic rings. The van der Waals surface area contributed by atoms with Crippen LogP contribution in [0.15, 0.2) is 24.3 Å². The molecule has 0 atom stereocenters. The van der Waals surface area contributed by atoms with E-state index >= 15 is 0 Å². The third-order valence-corrected chi connectivity index (χ3v) is 4.98. The lowest BCUT2D eigenvalue weighted by Crippen LogP contribution is -2.58. The van der Waals surface area contributed by atoms with Crippen LogP contribution in [0.25, 0.3) is 0 Å². The summed E-state index contributed by atoms with van der Waals surface area (Å²) < 4.78 is 0.486. The van der Waals surface area contributed by atoms with Crippen LogP contribution in [0, 0.1) is 10.1 Å². The molecule has 150 valence electrons. The fourth-order valence-electron chi connectivity index (χ4n) is 3.37. The maximum absolute atomic E-state index is 11.5. The van der Waals surface area contributed by atoms with Crippen molar-refractivity contribution in [3.05, 3.63) is 39.9 Å². The van der Waals surface area contributed by atoms with Crippen LogP contribution in [0.1, 0.15) is 5.56 Å². The molecule has 0 amide bonds. The van der Waals surface area contributed by atoms with Gasteiger partial charge in [-0.05, 0) is 5.56 Å². The van der Waals surface area contributed by atoms with Gasteiger partial charge in [-0.1, -0.05) is 12.1 Å². The van der Waals surface area contributed by atoms with Gasteiger partial charge in [0.05, 0.1) is 24.6 Å². The lowest BCUT2D eigenvalue weighted by atomic mass is 10.1. The highest BCUT2D eigenvalue weighted by atomic mass is 16.6. The van der Waals surface area contributed by atoms with Gasteiger partial charge in [0.1, 0.15) is 0 Å². The Morgan fingerprint density at radius 2 is 1.52 bits per heavy atom. The number of carboxylic acids is 1. The predicted molar refractivity (Wildman–Crippen MR) is 103 cm³/mol. The topological polar surface area (TPSA) is 117 Å². The van der Waals surface area contributed by atoms with E-state index in [1.807, 2.05) is 0 Å². The number of carbonyl (C=O) groups is 1. The van der Waals surface area contributed by atoms with Crippen LogP contribution in [0.3, 0.4) is 0 Å². The van der Waals surface area contributed by atoms with Gasteiger partial charge in [0.25, 0.3) is 5.69 Å². The molecule has 0 spiro atoms. The van der Waals surface area contributed by atoms with E-state index in [4.69, 9.17) is 0 Å². The average molecular weight is 380 g/mol. The zero-order valence-electron chi connectivity index (χ0n) is 15.7. The minimum atomic E-state index is -0.799. The second-order valence-corrected chi connectivity index (χ2v) is 6.99. The Morgan fingerprint density at radius 1 is 1.00 bits per heavy atom. The van der Waals surface area contributed by atoms with Crippen LogP contribution < -0.4 is 16.0 Å². The highest BCUT2D eigenvalue weighted by Crippen LogP contribution is 2.15. The first kappa shape index (κ1) is 21.2. The summed E-state index contributed by atoms with van der Waals surface area (Å²) >= 11 is 0. The first-order valence-electron chi connectivity index (χ1n) is 9.43. The number of nitrogens with zero attached hydrogens (tertiary/aromatic N) is 2. The third-order valence-electron chi connectivity index (χ3n) is 4.98. The number of carboxylic acid groups (broad SMARTS) is 1. The van der Waals surface area contributed by atoms with E-state index in [-0.39, 0.29) is 12.2 Å². The van der Waals surface area contributed by atoms with E-state index in [9.17, 15) is 20.0 Å². The molecule has 2 rings (SSSR count). The van der Waals surface area contributed by atoms with Crippen molar-refractivity contribution < 1.29 is 19.3 Å². The molecule has 1 aliphatic rings. The maximum atomic E-state index is 11.5. The van der Waals surface area contributed by atoms with Gasteiger partial charge < -0.3 is 25.5 Å². The van der Waals surface area contributed by atoms with Crippen molar-refractivity contribution in [1.29, 1.82) is 0 Å². The van der Waals surface area contributed by atoms with E-state index in [2.05, 4.69) is 16.0 Å². The van der Waals surface area contributed by atoms with Crippen molar-refractivity contribution >= 4 is 11.7 Å². The lowest BCUT2D eigenvalue weighted by molar-refractivity contribution is -0.919. The van der Waals surface area contributed by atoms with E-state index in [0.29, 0.717) is 17.4 Å². The van der Waals surface area contributed by atoms with Gasteiger partial charge >= 0.3 is 5.97 Å². The summed E-state index contributed by atoms with van der Waals surface area (Å²) in [6.07, 6.45) is 0.687. The number of aliphatic carboxylic acids is 1. The molecular formula is C18H30N5O4+. The van der Waals surface area contributed by atoms with Crippen LogP contribution in [0.2, 0.25) is 0 Å². The number of hydrogen-bond acceptors (Lipinski definition) is 6. The van der Waals surface area contributed by atoms with Crippen LogP contribution in [-0.4, -0.2) is 85.9 Å². The fourth-order valence-corrected chi connectivity index (χ4v) is 3.37. The summed E-state index contributed by atoms with van der Waals surface area (Å²) in [4.78, 5) is 21.9. The fraction of sp³-hybridized carbons (Fsp3) is 0.611. The Bertz CT molecular complexity index is 596. The molecule has 1 aliphatic heterocycles. The number of rotatable bonds is 6. The number of nitro groups is 1. The van der Waals surface area contributed by atoms with Crippen molar-refractivity contribution in [2.45, 2.75) is 6.42 Å². The smallest absolute Gasteiger partial charge is 0.359 e. The average Bonchev–Trinajstić information content (AvgIpc) is 2.63. The van der Waals surface area contributed by atoms with Gasteiger partial charge in [0, 0.05) is 57.8 Å². The second-order valence-electron chi connectivity index (χ2n) is 6.99. The summed E-state index contributed by atoms with van der Waals surface area (Å²) in [5.74, 6) is -0.799. The van der Waals surface area contributed by atoms with E-state index in [0.717, 1.165) is 57.9 Å². The van der Waals surface area contributed by atoms with Gasteiger partial charge in [-0.3, -0.25) is 10.1 Å². The lowest BCUT2D eigenvalue weighted by Gasteiger charge is -2.38. The van der Waals surface area contributed by atoms with Crippen LogP contribution in [0.4, 0.5) is 5.69 Å². The molecular weight excluding hydrogens is 350 g/mol. The molecule has 1 fully saturated rings. The summed E-state index contributed by atoms with van der Waals surface area (Å²) in [7, 11) is 0. The third kappa shape index (κ3) is 7.59. The normalized spacial score (nSPS) is 18.8. The largest absolute Gasteiger partial charge is 0.477 e. The predicted octanol–water partition coefficient (Wildman–Crippen LogP) is -0.179. The van der Waals surface area contributed by atoms with Crippen molar-refractivity contribution in [2.75, 3.05) is 65.4 Å². The summed E-state index contributed by atoms with van der Waals surface area (Å²) in [6, 6.07) is 6.52. The zero-order chi connectivity index (χ0) is 19.5. The van der Waals surface area contributed by atoms with Crippen molar-refractivity contribution in [3.8, 4) is 0 Å². The monoisotopic (exact) mass is 380 g/mol. The minimum absolute atomic E-state index is 0.0708. The molecule has 1 heterocycles. The molecule has 4 N–H and O–H groups in total. The first-order chi connectivity index (χ1) is 13.0. The van der Waals surface area contributed by atoms with E-state index < -0.39 is 10.9 Å². The Morgan fingerprint density at radius 3 is 2.00 bits per heavy atom.